The molecule has 0 aromatic heterocycles. The van der Waals surface area contributed by atoms with E-state index >= 15 is 0 Å². The van der Waals surface area contributed by atoms with Crippen LogP contribution in [0.4, 0.5) is 13.2 Å². The van der Waals surface area contributed by atoms with Gasteiger partial charge in [-0.1, -0.05) is 12.1 Å². The molecule has 1 aromatic rings. The molecule has 0 radical (unpaired) electrons. The minimum absolute atomic E-state index is 0.0785. The van der Waals surface area contributed by atoms with Gasteiger partial charge in [-0.15, -0.1) is 0 Å². The van der Waals surface area contributed by atoms with Crippen LogP contribution in [0.1, 0.15) is 41.3 Å². The van der Waals surface area contributed by atoms with Crippen molar-refractivity contribution in [3.8, 4) is 0 Å². The van der Waals surface area contributed by atoms with Crippen LogP contribution in [0, 0.1) is 0 Å². The van der Waals surface area contributed by atoms with Gasteiger partial charge in [0.25, 0.3) is 5.91 Å². The molecule has 3 aliphatic heterocycles. The minimum atomic E-state index is -4.36. The van der Waals surface area contributed by atoms with Crippen molar-refractivity contribution in [3.63, 3.8) is 0 Å². The van der Waals surface area contributed by atoms with Crippen LogP contribution in [0.2, 0.25) is 0 Å². The monoisotopic (exact) mass is 424 g/mol. The summed E-state index contributed by atoms with van der Waals surface area (Å²) in [5.41, 5.74) is 1.76. The van der Waals surface area contributed by atoms with E-state index < -0.39 is 30.2 Å². The molecule has 2 fully saturated rings. The summed E-state index contributed by atoms with van der Waals surface area (Å²) < 4.78 is 40.6. The lowest BCUT2D eigenvalue weighted by molar-refractivity contribution is -0.197. The van der Waals surface area contributed by atoms with Crippen molar-refractivity contribution in [3.05, 3.63) is 34.9 Å². The average molecular weight is 424 g/mol. The van der Waals surface area contributed by atoms with E-state index in [0.29, 0.717) is 17.7 Å². The number of carbonyl (C=O) groups excluding carboxylic acids is 3. The second kappa shape index (κ2) is 7.66. The number of benzene rings is 1. The van der Waals surface area contributed by atoms with E-state index in [1.54, 1.807) is 18.2 Å². The lowest BCUT2D eigenvalue weighted by atomic mass is 10.0. The van der Waals surface area contributed by atoms with Crippen LogP contribution in [0.3, 0.4) is 0 Å². The number of fused-ring (bicyclic) bond motifs is 1. The fourth-order valence-electron chi connectivity index (χ4n) is 4.61. The average Bonchev–Trinajstić information content (AvgIpc) is 2.97. The molecule has 2 N–H and O–H groups in total. The third-order valence-electron chi connectivity index (χ3n) is 6.05. The highest BCUT2D eigenvalue weighted by Crippen LogP contribution is 2.32. The summed E-state index contributed by atoms with van der Waals surface area (Å²) in [6.45, 7) is 2.56. The molecule has 1 aromatic carbocycles. The minimum Gasteiger partial charge on any atom is -0.322 e. The van der Waals surface area contributed by atoms with Gasteiger partial charge in [-0.2, -0.15) is 13.2 Å². The third-order valence-corrected chi connectivity index (χ3v) is 6.05. The maximum absolute atomic E-state index is 13.5. The van der Waals surface area contributed by atoms with Gasteiger partial charge in [-0.25, -0.2) is 0 Å². The van der Waals surface area contributed by atoms with Gasteiger partial charge in [0.1, 0.15) is 12.1 Å². The van der Waals surface area contributed by atoms with E-state index in [4.69, 9.17) is 0 Å². The number of rotatable bonds is 3. The Morgan fingerprint density at radius 1 is 1.20 bits per heavy atom. The maximum Gasteiger partial charge on any atom is 0.405 e. The highest BCUT2D eigenvalue weighted by atomic mass is 19.4. The van der Waals surface area contributed by atoms with Crippen LogP contribution >= 0.6 is 0 Å². The van der Waals surface area contributed by atoms with Crippen LogP contribution in [-0.4, -0.2) is 64.9 Å². The molecular formula is C20H23F3N4O3. The predicted octanol–water partition coefficient (Wildman–Crippen LogP) is 1.17. The molecule has 0 saturated carbocycles. The molecule has 0 bridgehead atoms. The Hall–Kier alpha value is -2.46. The first-order chi connectivity index (χ1) is 14.1. The third kappa shape index (κ3) is 3.81. The molecule has 1 unspecified atom stereocenters. The lowest BCUT2D eigenvalue weighted by Crippen LogP contribution is -2.62. The maximum atomic E-state index is 13.5. The van der Waals surface area contributed by atoms with E-state index in [2.05, 4.69) is 10.6 Å². The first kappa shape index (κ1) is 20.8. The number of carbonyl (C=O) groups is 3. The molecule has 0 spiro atoms. The topological polar surface area (TPSA) is 81.8 Å². The Balaban J connectivity index is 1.52. The van der Waals surface area contributed by atoms with E-state index in [1.165, 1.54) is 16.7 Å². The molecule has 30 heavy (non-hydrogen) atoms. The number of halogens is 3. The number of hydrogen-bond donors (Lipinski definition) is 2. The van der Waals surface area contributed by atoms with Crippen LogP contribution in [0.15, 0.2) is 18.2 Å². The highest BCUT2D eigenvalue weighted by Gasteiger charge is 2.48. The van der Waals surface area contributed by atoms with E-state index in [1.807, 2.05) is 0 Å². The van der Waals surface area contributed by atoms with Gasteiger partial charge in [0.05, 0.1) is 0 Å². The molecule has 0 aliphatic carbocycles. The van der Waals surface area contributed by atoms with Crippen LogP contribution in [0.25, 0.3) is 0 Å². The Morgan fingerprint density at radius 3 is 2.67 bits per heavy atom. The predicted molar refractivity (Wildman–Crippen MR) is 100 cm³/mol. The second-order valence-corrected chi connectivity index (χ2v) is 8.09. The quantitative estimate of drug-likeness (QED) is 0.712. The molecule has 3 heterocycles. The fourth-order valence-corrected chi connectivity index (χ4v) is 4.61. The SMILES string of the molecule is C[C@H]1NCCN(Cc2ccc3c(c2)C(=O)N(C2CCC(=O)NC2=O)C3)[C@H]1C(F)(F)F. The standard InChI is InChI=1S/C20H23F3N4O3/c1-11-17(20(21,22)23)26(7-6-24-11)9-12-2-3-13-10-27(19(30)14(13)8-12)15-4-5-16(28)25-18(15)29/h2-3,8,11,15,17,24H,4-7,9-10H2,1H3,(H,25,28,29)/t11-,15?,17-/m1/s1. The van der Waals surface area contributed by atoms with Crippen LogP contribution < -0.4 is 10.6 Å². The van der Waals surface area contributed by atoms with Crippen molar-refractivity contribution >= 4 is 17.7 Å². The van der Waals surface area contributed by atoms with E-state index in [9.17, 15) is 27.6 Å². The Bertz CT molecular complexity index is 889. The van der Waals surface area contributed by atoms with Crippen LogP contribution in [-0.2, 0) is 22.7 Å². The Kier molecular flexibility index (Phi) is 5.31. The zero-order chi connectivity index (χ0) is 21.6. The van der Waals surface area contributed by atoms with E-state index in [-0.39, 0.29) is 44.3 Å². The largest absolute Gasteiger partial charge is 0.405 e. The number of hydrogen-bond acceptors (Lipinski definition) is 5. The van der Waals surface area contributed by atoms with Gasteiger partial charge in [-0.05, 0) is 30.5 Å². The number of piperidine rings is 1. The molecule has 3 amide bonds. The first-order valence-corrected chi connectivity index (χ1v) is 9.96. The number of alkyl halides is 3. The van der Waals surface area contributed by atoms with Crippen LogP contribution in [0.5, 0.6) is 0 Å². The zero-order valence-electron chi connectivity index (χ0n) is 16.5. The van der Waals surface area contributed by atoms with Gasteiger partial charge in [0.2, 0.25) is 11.8 Å². The van der Waals surface area contributed by atoms with Gasteiger partial charge in [0, 0.05) is 44.2 Å². The summed E-state index contributed by atoms with van der Waals surface area (Å²) in [6, 6.07) is 2.06. The molecule has 2 saturated heterocycles. The summed E-state index contributed by atoms with van der Waals surface area (Å²) in [5.74, 6) is -1.18. The number of nitrogens with zero attached hydrogens (tertiary/aromatic N) is 2. The van der Waals surface area contributed by atoms with Crippen molar-refractivity contribution in [2.24, 2.45) is 0 Å². The highest BCUT2D eigenvalue weighted by molar-refractivity contribution is 6.05. The number of nitrogens with one attached hydrogen (secondary N) is 2. The Morgan fingerprint density at radius 2 is 1.97 bits per heavy atom. The van der Waals surface area contributed by atoms with Crippen molar-refractivity contribution in [1.82, 2.24) is 20.4 Å². The molecule has 7 nitrogen and oxygen atoms in total. The van der Waals surface area contributed by atoms with Gasteiger partial charge >= 0.3 is 6.18 Å². The molecule has 3 aliphatic rings. The van der Waals surface area contributed by atoms with Crippen molar-refractivity contribution in [2.75, 3.05) is 13.1 Å². The van der Waals surface area contributed by atoms with Gasteiger partial charge in [-0.3, -0.25) is 24.6 Å². The summed E-state index contributed by atoms with van der Waals surface area (Å²) >= 11 is 0. The molecular weight excluding hydrogens is 401 g/mol. The molecule has 3 atom stereocenters. The number of imide groups is 1. The first-order valence-electron chi connectivity index (χ1n) is 9.96. The van der Waals surface area contributed by atoms with E-state index in [0.717, 1.165) is 5.56 Å². The lowest BCUT2D eigenvalue weighted by Gasteiger charge is -2.41. The molecule has 4 rings (SSSR count). The zero-order valence-corrected chi connectivity index (χ0v) is 16.5. The van der Waals surface area contributed by atoms with Crippen molar-refractivity contribution in [1.29, 1.82) is 0 Å². The molecule has 162 valence electrons. The summed E-state index contributed by atoms with van der Waals surface area (Å²) in [4.78, 5) is 39.2. The van der Waals surface area contributed by atoms with Gasteiger partial charge < -0.3 is 10.2 Å². The summed E-state index contributed by atoms with van der Waals surface area (Å²) in [6.07, 6.45) is -3.92. The van der Waals surface area contributed by atoms with Crippen molar-refractivity contribution in [2.45, 2.75) is 57.2 Å². The van der Waals surface area contributed by atoms with Crippen molar-refractivity contribution < 1.29 is 27.6 Å². The fraction of sp³-hybridized carbons (Fsp3) is 0.550. The van der Waals surface area contributed by atoms with Gasteiger partial charge in [0.15, 0.2) is 0 Å². The normalized spacial score (nSPS) is 27.9. The summed E-state index contributed by atoms with van der Waals surface area (Å²) in [7, 11) is 0. The second-order valence-electron chi connectivity index (χ2n) is 8.09. The Labute approximate surface area is 171 Å². The summed E-state index contributed by atoms with van der Waals surface area (Å²) in [5, 5.41) is 5.12. The number of amides is 3. The number of piperazine rings is 1. The smallest absolute Gasteiger partial charge is 0.322 e. The molecule has 10 heteroatoms.